The van der Waals surface area contributed by atoms with Gasteiger partial charge in [-0.15, -0.1) is 0 Å². The molecule has 21 heavy (non-hydrogen) atoms. The molecule has 4 heteroatoms. The van der Waals surface area contributed by atoms with Crippen LogP contribution in [-0.2, 0) is 12.1 Å². The molecular weight excluding hydrogens is 260 g/mol. The van der Waals surface area contributed by atoms with Crippen LogP contribution in [0.5, 0.6) is 0 Å². The van der Waals surface area contributed by atoms with E-state index in [1.165, 1.54) is 11.3 Å². The van der Waals surface area contributed by atoms with Gasteiger partial charge >= 0.3 is 0 Å². The van der Waals surface area contributed by atoms with Gasteiger partial charge in [-0.05, 0) is 26.3 Å². The van der Waals surface area contributed by atoms with Crippen molar-refractivity contribution in [3.63, 3.8) is 0 Å². The molecule has 4 nitrogen and oxygen atoms in total. The van der Waals surface area contributed by atoms with Crippen molar-refractivity contribution in [2.75, 3.05) is 18.0 Å². The van der Waals surface area contributed by atoms with Gasteiger partial charge in [-0.25, -0.2) is 0 Å². The highest BCUT2D eigenvalue weighted by Crippen LogP contribution is 2.29. The third-order valence-electron chi connectivity index (χ3n) is 4.49. The average Bonchev–Trinajstić information content (AvgIpc) is 3.00. The Balaban J connectivity index is 1.87. The van der Waals surface area contributed by atoms with Crippen LogP contribution in [0.4, 0.5) is 5.69 Å². The number of aromatic nitrogens is 2. The van der Waals surface area contributed by atoms with Crippen molar-refractivity contribution in [3.8, 4) is 0 Å². The summed E-state index contributed by atoms with van der Waals surface area (Å²) in [7, 11) is 0. The lowest BCUT2D eigenvalue weighted by molar-refractivity contribution is 0.299. The standard InChI is InChI=1S/C17H24N4/c1-4-20-12-16(11-19-20)21-13-17(3,18-10-14(21)2)15-8-6-5-7-9-15/h5-9,11-12,14,18H,4,10,13H2,1-3H3. The zero-order valence-electron chi connectivity index (χ0n) is 13.1. The smallest absolute Gasteiger partial charge is 0.0756 e. The molecule has 1 aromatic heterocycles. The number of anilines is 1. The third-order valence-corrected chi connectivity index (χ3v) is 4.49. The summed E-state index contributed by atoms with van der Waals surface area (Å²) in [5, 5.41) is 8.13. The molecule has 1 aromatic carbocycles. The molecular formula is C17H24N4. The molecule has 1 N–H and O–H groups in total. The van der Waals surface area contributed by atoms with E-state index in [4.69, 9.17) is 0 Å². The third kappa shape index (κ3) is 2.68. The Bertz CT molecular complexity index is 592. The van der Waals surface area contributed by atoms with Crippen LogP contribution in [0.2, 0.25) is 0 Å². The van der Waals surface area contributed by atoms with Gasteiger partial charge in [0.15, 0.2) is 0 Å². The van der Waals surface area contributed by atoms with Crippen molar-refractivity contribution in [1.82, 2.24) is 15.1 Å². The van der Waals surface area contributed by atoms with Crippen LogP contribution in [0.15, 0.2) is 42.7 Å². The number of aryl methyl sites for hydroxylation is 1. The summed E-state index contributed by atoms with van der Waals surface area (Å²) in [5.41, 5.74) is 2.53. The van der Waals surface area contributed by atoms with Gasteiger partial charge in [0.1, 0.15) is 0 Å². The molecule has 1 saturated heterocycles. The SMILES string of the molecule is CCn1cc(N2CC(C)(c3ccccc3)NCC2C)cn1. The van der Waals surface area contributed by atoms with E-state index in [2.05, 4.69) is 72.6 Å². The van der Waals surface area contributed by atoms with Crippen LogP contribution in [0.1, 0.15) is 26.3 Å². The number of piperazine rings is 1. The molecule has 112 valence electrons. The molecule has 0 spiro atoms. The van der Waals surface area contributed by atoms with E-state index in [0.717, 1.165) is 19.6 Å². The van der Waals surface area contributed by atoms with E-state index < -0.39 is 0 Å². The van der Waals surface area contributed by atoms with Crippen molar-refractivity contribution in [3.05, 3.63) is 48.3 Å². The fraction of sp³-hybridized carbons (Fsp3) is 0.471. The van der Waals surface area contributed by atoms with Crippen LogP contribution < -0.4 is 10.2 Å². The number of nitrogens with zero attached hydrogens (tertiary/aromatic N) is 3. The maximum Gasteiger partial charge on any atom is 0.0756 e. The second-order valence-corrected chi connectivity index (χ2v) is 6.11. The van der Waals surface area contributed by atoms with E-state index in [0.29, 0.717) is 6.04 Å². The summed E-state index contributed by atoms with van der Waals surface area (Å²) in [6.45, 7) is 9.51. The summed E-state index contributed by atoms with van der Waals surface area (Å²) >= 11 is 0. The molecule has 0 radical (unpaired) electrons. The second-order valence-electron chi connectivity index (χ2n) is 6.11. The molecule has 2 heterocycles. The normalized spacial score (nSPS) is 26.0. The predicted molar refractivity (Wildman–Crippen MR) is 86.5 cm³/mol. The predicted octanol–water partition coefficient (Wildman–Crippen LogP) is 2.62. The van der Waals surface area contributed by atoms with Crippen molar-refractivity contribution in [2.24, 2.45) is 0 Å². The summed E-state index contributed by atoms with van der Waals surface area (Å²) in [4.78, 5) is 2.46. The minimum Gasteiger partial charge on any atom is -0.363 e. The molecule has 2 atom stereocenters. The van der Waals surface area contributed by atoms with Crippen LogP contribution in [-0.4, -0.2) is 28.9 Å². The first kappa shape index (κ1) is 14.1. The molecule has 0 bridgehead atoms. The van der Waals surface area contributed by atoms with Crippen molar-refractivity contribution < 1.29 is 0 Å². The maximum atomic E-state index is 4.42. The minimum absolute atomic E-state index is 0.0257. The van der Waals surface area contributed by atoms with Crippen LogP contribution in [0.3, 0.4) is 0 Å². The van der Waals surface area contributed by atoms with Crippen LogP contribution in [0, 0.1) is 0 Å². The van der Waals surface area contributed by atoms with Gasteiger partial charge in [-0.1, -0.05) is 30.3 Å². The first-order valence-electron chi connectivity index (χ1n) is 7.72. The lowest BCUT2D eigenvalue weighted by atomic mass is 9.88. The number of benzene rings is 1. The molecule has 0 saturated carbocycles. The fourth-order valence-corrected chi connectivity index (χ4v) is 3.05. The first-order valence-corrected chi connectivity index (χ1v) is 7.72. The lowest BCUT2D eigenvalue weighted by Crippen LogP contribution is -2.60. The molecule has 1 aliphatic rings. The van der Waals surface area contributed by atoms with Gasteiger partial charge in [0.2, 0.25) is 0 Å². The summed E-state index contributed by atoms with van der Waals surface area (Å²) < 4.78 is 1.99. The van der Waals surface area contributed by atoms with Gasteiger partial charge in [0, 0.05) is 31.9 Å². The Morgan fingerprint density at radius 1 is 1.33 bits per heavy atom. The molecule has 2 unspecified atom stereocenters. The highest BCUT2D eigenvalue weighted by molar-refractivity contribution is 5.46. The first-order chi connectivity index (χ1) is 10.1. The molecule has 0 amide bonds. The van der Waals surface area contributed by atoms with Crippen molar-refractivity contribution >= 4 is 5.69 Å². The minimum atomic E-state index is -0.0257. The van der Waals surface area contributed by atoms with Gasteiger partial charge in [0.05, 0.1) is 17.4 Å². The van der Waals surface area contributed by atoms with Gasteiger partial charge in [0.25, 0.3) is 0 Å². The zero-order valence-corrected chi connectivity index (χ0v) is 13.1. The van der Waals surface area contributed by atoms with Crippen LogP contribution in [0.25, 0.3) is 0 Å². The number of hydrogen-bond donors (Lipinski definition) is 1. The van der Waals surface area contributed by atoms with E-state index in [1.54, 1.807) is 0 Å². The molecule has 3 rings (SSSR count). The Labute approximate surface area is 126 Å². The Hall–Kier alpha value is -1.81. The highest BCUT2D eigenvalue weighted by atomic mass is 15.3. The number of nitrogens with one attached hydrogen (secondary N) is 1. The van der Waals surface area contributed by atoms with E-state index in [1.807, 2.05) is 10.9 Å². The Kier molecular flexibility index (Phi) is 3.72. The largest absolute Gasteiger partial charge is 0.363 e. The topological polar surface area (TPSA) is 33.1 Å². The van der Waals surface area contributed by atoms with Crippen LogP contribution >= 0.6 is 0 Å². The molecule has 1 aliphatic heterocycles. The molecule has 0 aliphatic carbocycles. The van der Waals surface area contributed by atoms with Gasteiger partial charge in [-0.3, -0.25) is 4.68 Å². The number of hydrogen-bond acceptors (Lipinski definition) is 3. The van der Waals surface area contributed by atoms with Crippen molar-refractivity contribution in [2.45, 2.75) is 38.9 Å². The molecule has 1 fully saturated rings. The quantitative estimate of drug-likeness (QED) is 0.940. The van der Waals surface area contributed by atoms with E-state index in [9.17, 15) is 0 Å². The lowest BCUT2D eigenvalue weighted by Gasteiger charge is -2.46. The fourth-order valence-electron chi connectivity index (χ4n) is 3.05. The summed E-state index contributed by atoms with van der Waals surface area (Å²) in [6.07, 6.45) is 4.13. The maximum absolute atomic E-state index is 4.42. The Morgan fingerprint density at radius 3 is 2.76 bits per heavy atom. The van der Waals surface area contributed by atoms with E-state index >= 15 is 0 Å². The van der Waals surface area contributed by atoms with Crippen molar-refractivity contribution in [1.29, 1.82) is 0 Å². The Morgan fingerprint density at radius 2 is 2.10 bits per heavy atom. The monoisotopic (exact) mass is 284 g/mol. The second kappa shape index (κ2) is 5.53. The summed E-state index contributed by atoms with van der Waals surface area (Å²) in [5.74, 6) is 0. The zero-order chi connectivity index (χ0) is 14.9. The highest BCUT2D eigenvalue weighted by Gasteiger charge is 2.35. The van der Waals surface area contributed by atoms with Gasteiger partial charge < -0.3 is 10.2 Å². The number of rotatable bonds is 3. The summed E-state index contributed by atoms with van der Waals surface area (Å²) in [6, 6.07) is 11.2. The van der Waals surface area contributed by atoms with E-state index in [-0.39, 0.29) is 5.54 Å². The molecule has 2 aromatic rings. The average molecular weight is 284 g/mol. The van der Waals surface area contributed by atoms with Gasteiger partial charge in [-0.2, -0.15) is 5.10 Å².